The van der Waals surface area contributed by atoms with E-state index in [1.807, 2.05) is 35.0 Å². The molecule has 1 aromatic heterocycles. The van der Waals surface area contributed by atoms with Gasteiger partial charge in [-0.05, 0) is 65.3 Å². The second-order valence-corrected chi connectivity index (χ2v) is 11.5. The van der Waals surface area contributed by atoms with Crippen molar-refractivity contribution < 1.29 is 12.8 Å². The largest absolute Gasteiger partial charge is 0.340 e. The highest BCUT2D eigenvalue weighted by Gasteiger charge is 2.21. The summed E-state index contributed by atoms with van der Waals surface area (Å²) >= 11 is 5.90. The fraction of sp³-hybridized carbons (Fsp3) is 0.360. The van der Waals surface area contributed by atoms with E-state index in [1.54, 1.807) is 12.1 Å². The third kappa shape index (κ3) is 7.27. The Balaban J connectivity index is 2.06. The van der Waals surface area contributed by atoms with Gasteiger partial charge in [0.2, 0.25) is 10.0 Å². The molecule has 8 nitrogen and oxygen atoms in total. The van der Waals surface area contributed by atoms with Crippen LogP contribution in [0.15, 0.2) is 36.7 Å². The van der Waals surface area contributed by atoms with Gasteiger partial charge in [0.05, 0.1) is 33.6 Å². The summed E-state index contributed by atoms with van der Waals surface area (Å²) in [6, 6.07) is 7.57. The van der Waals surface area contributed by atoms with E-state index in [4.69, 9.17) is 11.6 Å². The van der Waals surface area contributed by atoms with Gasteiger partial charge in [-0.1, -0.05) is 23.4 Å². The molecule has 0 amide bonds. The molecule has 3 aromatic rings. The lowest BCUT2D eigenvalue weighted by Crippen LogP contribution is -2.43. The van der Waals surface area contributed by atoms with E-state index in [0.29, 0.717) is 33.7 Å². The third-order valence-corrected chi connectivity index (χ3v) is 6.47. The number of aromatic nitrogens is 2. The topological polar surface area (TPSA) is 90.5 Å². The monoisotopic (exact) mass is 532 g/mol. The Kier molecular flexibility index (Phi) is 8.41. The number of halogens is 2. The van der Waals surface area contributed by atoms with Crippen molar-refractivity contribution in [3.63, 3.8) is 0 Å². The van der Waals surface area contributed by atoms with Gasteiger partial charge < -0.3 is 10.2 Å². The van der Waals surface area contributed by atoms with Gasteiger partial charge >= 0.3 is 0 Å². The predicted octanol–water partition coefficient (Wildman–Crippen LogP) is 4.16. The maximum absolute atomic E-state index is 13.6. The van der Waals surface area contributed by atoms with Gasteiger partial charge in [0.15, 0.2) is 0 Å². The van der Waals surface area contributed by atoms with Crippen LogP contribution in [-0.2, 0) is 10.0 Å². The summed E-state index contributed by atoms with van der Waals surface area (Å²) in [5, 5.41) is 3.61. The van der Waals surface area contributed by atoms with Crippen molar-refractivity contribution in [2.24, 2.45) is 0 Å². The van der Waals surface area contributed by atoms with Gasteiger partial charge in [-0.3, -0.25) is 9.62 Å². The second-order valence-electron chi connectivity index (χ2n) is 9.30. The molecule has 0 aliphatic heterocycles. The number of hydrogen-bond donors (Lipinski definition) is 2. The fourth-order valence-corrected chi connectivity index (χ4v) is 4.00. The zero-order valence-corrected chi connectivity index (χ0v) is 22.7. The minimum absolute atomic E-state index is 0.0338. The summed E-state index contributed by atoms with van der Waals surface area (Å²) in [5.74, 6) is 6.29. The molecule has 0 aliphatic carbocycles. The third-order valence-electron chi connectivity index (χ3n) is 5.59. The Morgan fingerprint density at radius 1 is 1.11 bits per heavy atom. The molecule has 0 fully saturated rings. The average molecular weight is 533 g/mol. The number of anilines is 3. The molecule has 0 saturated carbocycles. The first-order valence-electron chi connectivity index (χ1n) is 11.1. The highest BCUT2D eigenvalue weighted by molar-refractivity contribution is 7.92. The lowest BCUT2D eigenvalue weighted by molar-refractivity contribution is 0.193. The van der Waals surface area contributed by atoms with Crippen LogP contribution in [-0.4, -0.2) is 74.2 Å². The molecule has 3 rings (SSSR count). The minimum atomic E-state index is -3.59. The first kappa shape index (κ1) is 27.6. The summed E-state index contributed by atoms with van der Waals surface area (Å²) in [5.41, 5.74) is 1.40. The Morgan fingerprint density at radius 2 is 1.83 bits per heavy atom. The predicted molar refractivity (Wildman–Crippen MR) is 145 cm³/mol. The normalized spacial score (nSPS) is 12.1. The number of likely N-dealkylation sites (N-methyl/N-ethyl adjacent to an activating group) is 2. The summed E-state index contributed by atoms with van der Waals surface area (Å²) in [4.78, 5) is 12.9. The maximum atomic E-state index is 13.6. The number of hydrogen-bond acceptors (Lipinski definition) is 7. The molecule has 36 heavy (non-hydrogen) atoms. The van der Waals surface area contributed by atoms with Gasteiger partial charge in [-0.25, -0.2) is 22.8 Å². The van der Waals surface area contributed by atoms with Crippen molar-refractivity contribution in [3.8, 4) is 11.8 Å². The van der Waals surface area contributed by atoms with Crippen LogP contribution in [0.1, 0.15) is 19.4 Å². The lowest BCUT2D eigenvalue weighted by atomic mass is 10.0. The molecule has 11 heteroatoms. The first-order valence-corrected chi connectivity index (χ1v) is 13.4. The molecule has 0 radical (unpaired) electrons. The van der Waals surface area contributed by atoms with E-state index in [0.717, 1.165) is 19.3 Å². The van der Waals surface area contributed by atoms with E-state index in [9.17, 15) is 12.8 Å². The van der Waals surface area contributed by atoms with Crippen molar-refractivity contribution in [1.82, 2.24) is 19.8 Å². The minimum Gasteiger partial charge on any atom is -0.340 e. The smallest absolute Gasteiger partial charge is 0.229 e. The number of fused-ring (bicyclic) bond motifs is 1. The average Bonchev–Trinajstić information content (AvgIpc) is 2.78. The first-order chi connectivity index (χ1) is 16.7. The number of benzene rings is 2. The molecule has 0 aliphatic rings. The number of rotatable bonds is 8. The Labute approximate surface area is 216 Å². The van der Waals surface area contributed by atoms with Crippen molar-refractivity contribution in [1.29, 1.82) is 0 Å². The Morgan fingerprint density at radius 3 is 2.47 bits per heavy atom. The zero-order chi connectivity index (χ0) is 26.7. The summed E-state index contributed by atoms with van der Waals surface area (Å²) in [7, 11) is 2.44. The number of nitrogens with zero attached hydrogens (tertiary/aromatic N) is 4. The van der Waals surface area contributed by atoms with E-state index in [-0.39, 0.29) is 5.02 Å². The highest BCUT2D eigenvalue weighted by Crippen LogP contribution is 2.30. The standard InChI is InChI=1S/C25H30ClFN6O2S/c1-25(2,33(5)12-11-32(3)4)10-9-17-13-23-19(15-22(17)31-36(6,34)35)24(29-16-28-23)30-18-7-8-21(27)20(26)14-18/h7-8,13-16,31H,11-12H2,1-6H3,(H,28,29,30). The summed E-state index contributed by atoms with van der Waals surface area (Å²) in [6.07, 6.45) is 2.46. The van der Waals surface area contributed by atoms with Crippen LogP contribution in [0.5, 0.6) is 0 Å². The van der Waals surface area contributed by atoms with E-state index < -0.39 is 21.4 Å². The number of sulfonamides is 1. The van der Waals surface area contributed by atoms with Crippen LogP contribution in [0.2, 0.25) is 5.02 Å². The number of nitrogens with one attached hydrogen (secondary N) is 2. The van der Waals surface area contributed by atoms with Crippen LogP contribution >= 0.6 is 11.6 Å². The van der Waals surface area contributed by atoms with Crippen LogP contribution in [0, 0.1) is 17.7 Å². The van der Waals surface area contributed by atoms with Gasteiger partial charge in [0.25, 0.3) is 0 Å². The van der Waals surface area contributed by atoms with Crippen LogP contribution in [0.25, 0.3) is 10.9 Å². The maximum Gasteiger partial charge on any atom is 0.229 e. The van der Waals surface area contributed by atoms with E-state index >= 15 is 0 Å². The van der Waals surface area contributed by atoms with Crippen LogP contribution in [0.3, 0.4) is 0 Å². The van der Waals surface area contributed by atoms with E-state index in [2.05, 4.69) is 41.6 Å². The fourth-order valence-electron chi connectivity index (χ4n) is 3.25. The van der Waals surface area contributed by atoms with Crippen molar-refractivity contribution in [2.75, 3.05) is 50.5 Å². The molecule has 1 heterocycles. The SMILES string of the molecule is CN(C)CCN(C)C(C)(C)C#Cc1cc2ncnc(Nc3ccc(F)c(Cl)c3)c2cc1NS(C)(=O)=O. The molecule has 2 N–H and O–H groups in total. The van der Waals surface area contributed by atoms with Crippen molar-refractivity contribution in [2.45, 2.75) is 19.4 Å². The molecule has 0 bridgehead atoms. The molecule has 0 spiro atoms. The highest BCUT2D eigenvalue weighted by atomic mass is 35.5. The zero-order valence-electron chi connectivity index (χ0n) is 21.1. The van der Waals surface area contributed by atoms with Gasteiger partial charge in [0.1, 0.15) is 18.0 Å². The van der Waals surface area contributed by atoms with Gasteiger partial charge in [-0.2, -0.15) is 0 Å². The molecular formula is C25H30ClFN6O2S. The lowest BCUT2D eigenvalue weighted by Gasteiger charge is -2.31. The molecule has 0 unspecified atom stereocenters. The Hall–Kier alpha value is -2.97. The second kappa shape index (κ2) is 11.0. The molecule has 0 saturated heterocycles. The summed E-state index contributed by atoms with van der Waals surface area (Å²) in [6.45, 7) is 5.72. The molecule has 2 aromatic carbocycles. The molecule has 192 valence electrons. The molecule has 0 atom stereocenters. The van der Waals surface area contributed by atoms with Crippen LogP contribution < -0.4 is 10.0 Å². The Bertz CT molecular complexity index is 1430. The van der Waals surface area contributed by atoms with Gasteiger partial charge in [-0.15, -0.1) is 0 Å². The quantitative estimate of drug-likeness (QED) is 0.421. The van der Waals surface area contributed by atoms with Crippen molar-refractivity contribution in [3.05, 3.63) is 53.1 Å². The van der Waals surface area contributed by atoms with E-state index in [1.165, 1.54) is 24.5 Å². The summed E-state index contributed by atoms with van der Waals surface area (Å²) < 4.78 is 40.4. The van der Waals surface area contributed by atoms with Crippen LogP contribution in [0.4, 0.5) is 21.6 Å². The van der Waals surface area contributed by atoms with Gasteiger partial charge in [0, 0.05) is 24.2 Å². The molecular weight excluding hydrogens is 503 g/mol. The van der Waals surface area contributed by atoms with Crippen molar-refractivity contribution >= 4 is 49.7 Å².